The maximum Gasteiger partial charge on any atom is 0.240 e. The van der Waals surface area contributed by atoms with Crippen molar-refractivity contribution in [3.8, 4) is 5.75 Å². The van der Waals surface area contributed by atoms with Gasteiger partial charge < -0.3 is 4.74 Å². The van der Waals surface area contributed by atoms with Crippen molar-refractivity contribution in [3.05, 3.63) is 52.6 Å². The normalized spacial score (nSPS) is 10.2. The fourth-order valence-electron chi connectivity index (χ4n) is 2.35. The van der Waals surface area contributed by atoms with Crippen LogP contribution in [-0.2, 0) is 17.8 Å². The molecule has 0 heterocycles. The highest BCUT2D eigenvalue weighted by molar-refractivity contribution is 7.80. The third kappa shape index (κ3) is 3.59. The largest absolute Gasteiger partial charge is 0.489 e. The van der Waals surface area contributed by atoms with Crippen LogP contribution < -0.4 is 4.74 Å². The summed E-state index contributed by atoms with van der Waals surface area (Å²) in [7, 11) is 0. The van der Waals surface area contributed by atoms with Crippen molar-refractivity contribution in [2.75, 3.05) is 0 Å². The van der Waals surface area contributed by atoms with E-state index in [0.717, 1.165) is 39.3 Å². The second-order valence-corrected chi connectivity index (χ2v) is 5.65. The van der Waals surface area contributed by atoms with Gasteiger partial charge in [0.1, 0.15) is 12.4 Å². The van der Waals surface area contributed by atoms with Gasteiger partial charge in [0.25, 0.3) is 0 Å². The summed E-state index contributed by atoms with van der Waals surface area (Å²) in [5.74, 6) is 0.822. The number of benzene rings is 2. The van der Waals surface area contributed by atoms with Crippen molar-refractivity contribution < 1.29 is 9.53 Å². The molecule has 0 radical (unpaired) electrons. The molecular formula is C18H19NO2S. The monoisotopic (exact) mass is 313 g/mol. The molecule has 0 aliphatic rings. The van der Waals surface area contributed by atoms with Gasteiger partial charge in [0, 0.05) is 10.5 Å². The van der Waals surface area contributed by atoms with Crippen LogP contribution in [0.3, 0.4) is 0 Å². The second-order valence-electron chi connectivity index (χ2n) is 5.16. The number of nitrogens with zero attached hydrogens (tertiary/aromatic N) is 1. The molecule has 0 amide bonds. The van der Waals surface area contributed by atoms with Crippen molar-refractivity contribution in [2.45, 2.75) is 38.7 Å². The number of rotatable bonds is 5. The molecule has 0 atom stereocenters. The van der Waals surface area contributed by atoms with E-state index in [4.69, 9.17) is 4.74 Å². The molecule has 0 N–H and O–H groups in total. The molecule has 0 aliphatic heterocycles. The number of ether oxygens (including phenoxy) is 1. The van der Waals surface area contributed by atoms with Gasteiger partial charge >= 0.3 is 0 Å². The van der Waals surface area contributed by atoms with Crippen molar-refractivity contribution in [1.29, 1.82) is 0 Å². The van der Waals surface area contributed by atoms with Crippen molar-refractivity contribution in [1.82, 2.24) is 0 Å². The summed E-state index contributed by atoms with van der Waals surface area (Å²) in [5, 5.41) is 0. The molecule has 4 heteroatoms. The SMILES string of the molecule is CCc1cccc(N=C=O)c1COc1cc(C)c(S)cc1C. The first-order chi connectivity index (χ1) is 10.6. The first-order valence-electron chi connectivity index (χ1n) is 7.18. The molecule has 2 rings (SSSR count). The van der Waals surface area contributed by atoms with Gasteiger partial charge in [-0.3, -0.25) is 0 Å². The molecule has 0 unspecified atom stereocenters. The van der Waals surface area contributed by atoms with E-state index in [2.05, 4.69) is 24.5 Å². The third-order valence-electron chi connectivity index (χ3n) is 3.66. The zero-order chi connectivity index (χ0) is 16.1. The first-order valence-corrected chi connectivity index (χ1v) is 7.63. The van der Waals surface area contributed by atoms with Crippen LogP contribution in [-0.4, -0.2) is 6.08 Å². The van der Waals surface area contributed by atoms with Gasteiger partial charge in [-0.15, -0.1) is 12.6 Å². The van der Waals surface area contributed by atoms with Crippen LogP contribution in [0, 0.1) is 13.8 Å². The number of thiol groups is 1. The Morgan fingerprint density at radius 1 is 1.23 bits per heavy atom. The molecule has 0 aromatic heterocycles. The summed E-state index contributed by atoms with van der Waals surface area (Å²) in [6, 6.07) is 9.69. The third-order valence-corrected chi connectivity index (χ3v) is 4.14. The molecule has 114 valence electrons. The Labute approximate surface area is 136 Å². The number of isocyanates is 1. The molecule has 22 heavy (non-hydrogen) atoms. The average molecular weight is 313 g/mol. The maximum absolute atomic E-state index is 10.6. The van der Waals surface area contributed by atoms with Crippen LogP contribution in [0.2, 0.25) is 0 Å². The Morgan fingerprint density at radius 3 is 2.68 bits per heavy atom. The minimum Gasteiger partial charge on any atom is -0.489 e. The van der Waals surface area contributed by atoms with Crippen molar-refractivity contribution in [2.24, 2.45) is 4.99 Å². The van der Waals surface area contributed by atoms with E-state index in [1.165, 1.54) is 0 Å². The summed E-state index contributed by atoms with van der Waals surface area (Å²) < 4.78 is 5.96. The quantitative estimate of drug-likeness (QED) is 0.493. The predicted molar refractivity (Wildman–Crippen MR) is 91.1 cm³/mol. The lowest BCUT2D eigenvalue weighted by molar-refractivity contribution is 0.303. The topological polar surface area (TPSA) is 38.7 Å². The van der Waals surface area contributed by atoms with Crippen molar-refractivity contribution in [3.63, 3.8) is 0 Å². The highest BCUT2D eigenvalue weighted by Crippen LogP contribution is 2.28. The number of carbonyl (C=O) groups excluding carboxylic acids is 1. The van der Waals surface area contributed by atoms with Gasteiger partial charge in [0.2, 0.25) is 6.08 Å². The van der Waals surface area contributed by atoms with E-state index in [1.54, 1.807) is 12.1 Å². The fourth-order valence-corrected chi connectivity index (χ4v) is 2.61. The zero-order valence-corrected chi connectivity index (χ0v) is 13.9. The summed E-state index contributed by atoms with van der Waals surface area (Å²) in [5.41, 5.74) is 4.77. The van der Waals surface area contributed by atoms with Gasteiger partial charge in [-0.1, -0.05) is 19.1 Å². The smallest absolute Gasteiger partial charge is 0.240 e. The lowest BCUT2D eigenvalue weighted by Gasteiger charge is -2.14. The number of aliphatic imine (C=N–C) groups is 1. The second kappa shape index (κ2) is 7.30. The van der Waals surface area contributed by atoms with E-state index >= 15 is 0 Å². The Bertz CT molecular complexity index is 734. The highest BCUT2D eigenvalue weighted by atomic mass is 32.1. The van der Waals surface area contributed by atoms with Crippen LogP contribution in [0.4, 0.5) is 5.69 Å². The summed E-state index contributed by atoms with van der Waals surface area (Å²) >= 11 is 4.41. The number of aryl methyl sites for hydroxylation is 3. The minimum atomic E-state index is 0.372. The molecule has 2 aromatic rings. The predicted octanol–water partition coefficient (Wildman–Crippen LogP) is 4.70. The summed E-state index contributed by atoms with van der Waals surface area (Å²) in [6.07, 6.45) is 2.47. The molecule has 0 fully saturated rings. The summed E-state index contributed by atoms with van der Waals surface area (Å²) in [6.45, 7) is 6.43. The first kappa shape index (κ1) is 16.3. The fraction of sp³-hybridized carbons (Fsp3) is 0.278. The molecule has 0 aliphatic carbocycles. The van der Waals surface area contributed by atoms with E-state index in [9.17, 15) is 4.79 Å². The molecule has 3 nitrogen and oxygen atoms in total. The van der Waals surface area contributed by atoms with Crippen LogP contribution in [0.5, 0.6) is 5.75 Å². The Morgan fingerprint density at radius 2 is 2.00 bits per heavy atom. The lowest BCUT2D eigenvalue weighted by atomic mass is 10.0. The standard InChI is InChI=1S/C18H19NO2S/c1-4-14-6-5-7-16(19-11-20)15(14)10-21-17-8-13(3)18(22)9-12(17)2/h5-9,22H,4,10H2,1-3H3. The molecule has 0 saturated carbocycles. The zero-order valence-electron chi connectivity index (χ0n) is 13.0. The molecule has 0 bridgehead atoms. The van der Waals surface area contributed by atoms with Gasteiger partial charge in [0.15, 0.2) is 0 Å². The Balaban J connectivity index is 2.32. The number of hydrogen-bond donors (Lipinski definition) is 1. The van der Waals surface area contributed by atoms with Crippen molar-refractivity contribution >= 4 is 24.4 Å². The lowest BCUT2D eigenvalue weighted by Crippen LogP contribution is -2.02. The average Bonchev–Trinajstić information content (AvgIpc) is 2.50. The Hall–Kier alpha value is -2.03. The van der Waals surface area contributed by atoms with Crippen LogP contribution in [0.25, 0.3) is 0 Å². The van der Waals surface area contributed by atoms with Crippen LogP contribution >= 0.6 is 12.6 Å². The van der Waals surface area contributed by atoms with Gasteiger partial charge in [-0.2, -0.15) is 4.99 Å². The van der Waals surface area contributed by atoms with E-state index in [0.29, 0.717) is 12.3 Å². The maximum atomic E-state index is 10.6. The molecule has 0 spiro atoms. The number of hydrogen-bond acceptors (Lipinski definition) is 4. The van der Waals surface area contributed by atoms with E-state index in [1.807, 2.05) is 38.1 Å². The van der Waals surface area contributed by atoms with Gasteiger partial charge in [-0.25, -0.2) is 4.79 Å². The van der Waals surface area contributed by atoms with Gasteiger partial charge in [0.05, 0.1) is 5.69 Å². The van der Waals surface area contributed by atoms with Crippen LogP contribution in [0.1, 0.15) is 29.2 Å². The van der Waals surface area contributed by atoms with Gasteiger partial charge in [-0.05, 0) is 55.2 Å². The van der Waals surface area contributed by atoms with E-state index < -0.39 is 0 Å². The summed E-state index contributed by atoms with van der Waals surface area (Å²) in [4.78, 5) is 15.3. The Kier molecular flexibility index (Phi) is 5.42. The highest BCUT2D eigenvalue weighted by Gasteiger charge is 2.10. The molecule has 2 aromatic carbocycles. The molecule has 0 saturated heterocycles. The van der Waals surface area contributed by atoms with E-state index in [-0.39, 0.29) is 0 Å². The minimum absolute atomic E-state index is 0.372. The van der Waals surface area contributed by atoms with Crippen LogP contribution in [0.15, 0.2) is 40.2 Å². The molecular weight excluding hydrogens is 294 g/mol.